The first kappa shape index (κ1) is 17.5. The normalized spacial score (nSPS) is 34.5. The minimum atomic E-state index is -0.635. The van der Waals surface area contributed by atoms with Crippen LogP contribution < -0.4 is 0 Å². The van der Waals surface area contributed by atoms with Gasteiger partial charge in [0.25, 0.3) is 0 Å². The van der Waals surface area contributed by atoms with Gasteiger partial charge in [0.2, 0.25) is 0 Å². The molecule has 22 heavy (non-hydrogen) atoms. The molecule has 2 heteroatoms. The Hall–Kier alpha value is -0.890. The summed E-state index contributed by atoms with van der Waals surface area (Å²) in [7, 11) is 0. The third kappa shape index (κ3) is 3.53. The van der Waals surface area contributed by atoms with Crippen LogP contribution in [-0.2, 0) is 4.79 Å². The Morgan fingerprint density at radius 2 is 2.18 bits per heavy atom. The Labute approximate surface area is 135 Å². The third-order valence-corrected chi connectivity index (χ3v) is 6.09. The molecule has 0 aromatic rings. The summed E-state index contributed by atoms with van der Waals surface area (Å²) in [5.74, 6) is 1.03. The van der Waals surface area contributed by atoms with Gasteiger partial charge in [-0.25, -0.2) is 0 Å². The second-order valence-electron chi connectivity index (χ2n) is 8.31. The van der Waals surface area contributed by atoms with Crippen molar-refractivity contribution in [3.63, 3.8) is 0 Å². The summed E-state index contributed by atoms with van der Waals surface area (Å²) in [6, 6.07) is 0. The van der Waals surface area contributed by atoms with Crippen molar-refractivity contribution in [2.45, 2.75) is 78.7 Å². The molecule has 0 saturated heterocycles. The molecule has 0 aromatic carbocycles. The van der Waals surface area contributed by atoms with E-state index in [0.29, 0.717) is 24.0 Å². The summed E-state index contributed by atoms with van der Waals surface area (Å²) in [6.45, 7) is 10.4. The third-order valence-electron chi connectivity index (χ3n) is 6.09. The summed E-state index contributed by atoms with van der Waals surface area (Å²) in [5, 5.41) is 11.1. The lowest BCUT2D eigenvalue weighted by Gasteiger charge is -2.38. The highest BCUT2D eigenvalue weighted by Crippen LogP contribution is 2.56. The van der Waals surface area contributed by atoms with Gasteiger partial charge >= 0.3 is 0 Å². The van der Waals surface area contributed by atoms with E-state index in [1.165, 1.54) is 5.57 Å². The van der Waals surface area contributed by atoms with Gasteiger partial charge in [0, 0.05) is 6.42 Å². The Kier molecular flexibility index (Phi) is 5.01. The zero-order valence-corrected chi connectivity index (χ0v) is 14.9. The number of ketones is 1. The molecular formula is C20H32O2. The standard InChI is InChI=1S/C20H32O2/c1-14(2)7-6-11-20(5,22)17-10-12-19(4)13-18(21)15(3)8-9-16(17)19/h7-8,16-17,22H,6,9-13H2,1-5H3/t16-,17+,19+,20+/m1/s1. The topological polar surface area (TPSA) is 37.3 Å². The van der Waals surface area contributed by atoms with Crippen LogP contribution in [0.3, 0.4) is 0 Å². The maximum absolute atomic E-state index is 12.2. The lowest BCUT2D eigenvalue weighted by Crippen LogP contribution is -2.39. The van der Waals surface area contributed by atoms with Crippen molar-refractivity contribution in [1.82, 2.24) is 0 Å². The molecule has 2 nitrogen and oxygen atoms in total. The van der Waals surface area contributed by atoms with Crippen LogP contribution in [0.2, 0.25) is 0 Å². The monoisotopic (exact) mass is 304 g/mol. The van der Waals surface area contributed by atoms with Crippen LogP contribution in [0.4, 0.5) is 0 Å². The number of carbonyl (C=O) groups is 1. The SMILES string of the molecule is CC(C)=CCC[C@](C)(O)[C@H]1CC[C@@]2(C)CC(=O)C(C)=CC[C@H]12. The molecule has 0 aliphatic heterocycles. The summed E-state index contributed by atoms with van der Waals surface area (Å²) >= 11 is 0. The summed E-state index contributed by atoms with van der Waals surface area (Å²) in [4.78, 5) is 12.2. The van der Waals surface area contributed by atoms with Crippen molar-refractivity contribution >= 4 is 5.78 Å². The summed E-state index contributed by atoms with van der Waals surface area (Å²) < 4.78 is 0. The van der Waals surface area contributed by atoms with Crippen LogP contribution in [0, 0.1) is 17.3 Å². The van der Waals surface area contributed by atoms with Gasteiger partial charge in [-0.2, -0.15) is 0 Å². The number of rotatable bonds is 4. The number of hydrogen-bond acceptors (Lipinski definition) is 2. The minimum absolute atomic E-state index is 0.0660. The molecule has 2 aliphatic carbocycles. The van der Waals surface area contributed by atoms with E-state index in [1.54, 1.807) is 0 Å². The first-order valence-corrected chi connectivity index (χ1v) is 8.71. The van der Waals surface area contributed by atoms with Crippen LogP contribution in [0.25, 0.3) is 0 Å². The zero-order chi connectivity index (χ0) is 16.5. The number of fused-ring (bicyclic) bond motifs is 1. The van der Waals surface area contributed by atoms with Crippen molar-refractivity contribution in [2.24, 2.45) is 17.3 Å². The predicted octanol–water partition coefficient (Wildman–Crippen LogP) is 4.83. The van der Waals surface area contributed by atoms with E-state index >= 15 is 0 Å². The molecule has 0 unspecified atom stereocenters. The first-order valence-electron chi connectivity index (χ1n) is 8.71. The molecule has 0 heterocycles. The van der Waals surface area contributed by atoms with E-state index in [-0.39, 0.29) is 5.41 Å². The van der Waals surface area contributed by atoms with Gasteiger partial charge < -0.3 is 5.11 Å². The lowest BCUT2D eigenvalue weighted by atomic mass is 9.69. The maximum atomic E-state index is 12.2. The van der Waals surface area contributed by atoms with E-state index < -0.39 is 5.60 Å². The fourth-order valence-corrected chi connectivity index (χ4v) is 4.53. The Bertz CT molecular complexity index is 494. The van der Waals surface area contributed by atoms with E-state index in [9.17, 15) is 9.90 Å². The first-order chi connectivity index (χ1) is 10.2. The van der Waals surface area contributed by atoms with Crippen LogP contribution >= 0.6 is 0 Å². The Morgan fingerprint density at radius 3 is 2.82 bits per heavy atom. The quantitative estimate of drug-likeness (QED) is 0.756. The largest absolute Gasteiger partial charge is 0.390 e. The number of Topliss-reactive ketones (excluding diaryl/α,β-unsaturated/α-hetero) is 1. The molecular weight excluding hydrogens is 272 g/mol. The van der Waals surface area contributed by atoms with Crippen molar-refractivity contribution < 1.29 is 9.90 Å². The molecule has 1 saturated carbocycles. The molecule has 1 N–H and O–H groups in total. The second-order valence-corrected chi connectivity index (χ2v) is 8.31. The fraction of sp³-hybridized carbons (Fsp3) is 0.750. The van der Waals surface area contributed by atoms with Crippen LogP contribution in [0.5, 0.6) is 0 Å². The number of aliphatic hydroxyl groups is 1. The smallest absolute Gasteiger partial charge is 0.158 e. The van der Waals surface area contributed by atoms with Crippen molar-refractivity contribution in [1.29, 1.82) is 0 Å². The van der Waals surface area contributed by atoms with Crippen LogP contribution in [0.15, 0.2) is 23.3 Å². The van der Waals surface area contributed by atoms with E-state index in [2.05, 4.69) is 32.9 Å². The molecule has 1 fully saturated rings. The minimum Gasteiger partial charge on any atom is -0.390 e. The van der Waals surface area contributed by atoms with Crippen LogP contribution in [0.1, 0.15) is 73.1 Å². The molecule has 2 aliphatic rings. The average Bonchev–Trinajstić information content (AvgIpc) is 2.67. The number of carbonyl (C=O) groups excluding carboxylic acids is 1. The van der Waals surface area contributed by atoms with Gasteiger partial charge in [0.1, 0.15) is 0 Å². The van der Waals surface area contributed by atoms with E-state index in [1.807, 2.05) is 13.8 Å². The molecule has 4 atom stereocenters. The molecule has 124 valence electrons. The Balaban J connectivity index is 2.16. The highest BCUT2D eigenvalue weighted by atomic mass is 16.3. The molecule has 0 bridgehead atoms. The molecule has 2 rings (SSSR count). The van der Waals surface area contributed by atoms with Gasteiger partial charge in [-0.3, -0.25) is 4.79 Å². The summed E-state index contributed by atoms with van der Waals surface area (Å²) in [6.07, 6.45) is 9.77. The highest BCUT2D eigenvalue weighted by Gasteiger charge is 2.51. The molecule has 0 aromatic heterocycles. The molecule has 0 spiro atoms. The maximum Gasteiger partial charge on any atom is 0.158 e. The van der Waals surface area contributed by atoms with Gasteiger partial charge in [0.15, 0.2) is 5.78 Å². The average molecular weight is 304 g/mol. The van der Waals surface area contributed by atoms with Gasteiger partial charge in [-0.05, 0) is 82.6 Å². The number of hydrogen-bond donors (Lipinski definition) is 1. The van der Waals surface area contributed by atoms with Crippen LogP contribution in [-0.4, -0.2) is 16.5 Å². The van der Waals surface area contributed by atoms with Gasteiger partial charge in [0.05, 0.1) is 5.60 Å². The Morgan fingerprint density at radius 1 is 1.50 bits per heavy atom. The van der Waals surface area contributed by atoms with E-state index in [0.717, 1.165) is 37.7 Å². The highest BCUT2D eigenvalue weighted by molar-refractivity contribution is 5.95. The summed E-state index contributed by atoms with van der Waals surface area (Å²) in [5.41, 5.74) is 1.66. The molecule has 0 amide bonds. The van der Waals surface area contributed by atoms with Crippen molar-refractivity contribution in [3.8, 4) is 0 Å². The lowest BCUT2D eigenvalue weighted by molar-refractivity contribution is -0.118. The zero-order valence-electron chi connectivity index (χ0n) is 14.9. The van der Waals surface area contributed by atoms with Crippen molar-refractivity contribution in [3.05, 3.63) is 23.3 Å². The second kappa shape index (κ2) is 6.31. The van der Waals surface area contributed by atoms with Gasteiger partial charge in [-0.1, -0.05) is 24.6 Å². The number of allylic oxidation sites excluding steroid dienone is 4. The predicted molar refractivity (Wildman–Crippen MR) is 91.6 cm³/mol. The van der Waals surface area contributed by atoms with E-state index in [4.69, 9.17) is 0 Å². The van der Waals surface area contributed by atoms with Gasteiger partial charge in [-0.15, -0.1) is 0 Å². The van der Waals surface area contributed by atoms with Crippen molar-refractivity contribution in [2.75, 3.05) is 0 Å². The fourth-order valence-electron chi connectivity index (χ4n) is 4.53. The molecule has 0 radical (unpaired) electrons.